The van der Waals surface area contributed by atoms with Gasteiger partial charge in [0.2, 0.25) is 0 Å². The van der Waals surface area contributed by atoms with Gasteiger partial charge in [0.05, 0.1) is 11.2 Å². The minimum atomic E-state index is -0.536. The molecule has 4 nitrogen and oxygen atoms in total. The smallest absolute Gasteiger partial charge is 0.0673 e. The number of likely N-dealkylation sites (tertiary alicyclic amines) is 2. The van der Waals surface area contributed by atoms with E-state index >= 15 is 0 Å². The molecule has 106 valence electrons. The third kappa shape index (κ3) is 3.67. The molecule has 2 fully saturated rings. The first-order valence-corrected chi connectivity index (χ1v) is 7.23. The van der Waals surface area contributed by atoms with Crippen LogP contribution in [0.5, 0.6) is 0 Å². The van der Waals surface area contributed by atoms with Gasteiger partial charge in [-0.25, -0.2) is 0 Å². The molecule has 2 heterocycles. The molecule has 0 aliphatic carbocycles. The van der Waals surface area contributed by atoms with Crippen molar-refractivity contribution in [1.82, 2.24) is 9.80 Å². The van der Waals surface area contributed by atoms with Crippen molar-refractivity contribution in [2.24, 2.45) is 0 Å². The number of piperidine rings is 2. The van der Waals surface area contributed by atoms with E-state index in [1.165, 1.54) is 0 Å². The van der Waals surface area contributed by atoms with Crippen molar-refractivity contribution in [2.75, 3.05) is 40.3 Å². The molecule has 0 amide bonds. The first-order valence-electron chi connectivity index (χ1n) is 7.23. The summed E-state index contributed by atoms with van der Waals surface area (Å²) in [6, 6.07) is 0. The third-order valence-electron chi connectivity index (χ3n) is 4.89. The van der Waals surface area contributed by atoms with Gasteiger partial charge < -0.3 is 20.0 Å². The van der Waals surface area contributed by atoms with Gasteiger partial charge >= 0.3 is 0 Å². The molecule has 2 N–H and O–H groups in total. The van der Waals surface area contributed by atoms with Gasteiger partial charge in [-0.05, 0) is 52.6 Å². The maximum absolute atomic E-state index is 10.5. The van der Waals surface area contributed by atoms with Crippen LogP contribution in [-0.4, -0.2) is 71.5 Å². The molecule has 0 saturated carbocycles. The Balaban J connectivity index is 1.80. The van der Waals surface area contributed by atoms with Crippen molar-refractivity contribution in [3.05, 3.63) is 0 Å². The van der Waals surface area contributed by atoms with Crippen molar-refractivity contribution >= 4 is 0 Å². The molecular formula is C14H28N2O2. The highest BCUT2D eigenvalue weighted by Crippen LogP contribution is 2.33. The molecule has 2 saturated heterocycles. The predicted molar refractivity (Wildman–Crippen MR) is 72.6 cm³/mol. The molecule has 0 bridgehead atoms. The van der Waals surface area contributed by atoms with E-state index in [-0.39, 0.29) is 0 Å². The Morgan fingerprint density at radius 2 is 1.00 bits per heavy atom. The number of nitrogens with zero attached hydrogens (tertiary/aromatic N) is 2. The Morgan fingerprint density at radius 1 is 0.722 bits per heavy atom. The highest BCUT2D eigenvalue weighted by atomic mass is 16.3. The van der Waals surface area contributed by atoms with Crippen LogP contribution in [0.2, 0.25) is 0 Å². The van der Waals surface area contributed by atoms with Gasteiger partial charge in [-0.1, -0.05) is 0 Å². The Bertz CT molecular complexity index is 239. The highest BCUT2D eigenvalue weighted by Gasteiger charge is 2.36. The monoisotopic (exact) mass is 256 g/mol. The minimum Gasteiger partial charge on any atom is -0.390 e. The number of hydrogen-bond acceptors (Lipinski definition) is 4. The van der Waals surface area contributed by atoms with E-state index < -0.39 is 11.2 Å². The Morgan fingerprint density at radius 3 is 1.28 bits per heavy atom. The molecule has 2 aliphatic heterocycles. The zero-order chi connectivity index (χ0) is 13.2. The fourth-order valence-corrected chi connectivity index (χ4v) is 3.03. The van der Waals surface area contributed by atoms with Crippen molar-refractivity contribution < 1.29 is 10.2 Å². The van der Waals surface area contributed by atoms with Gasteiger partial charge in [-0.2, -0.15) is 0 Å². The molecule has 0 radical (unpaired) electrons. The Labute approximate surface area is 111 Å². The summed E-state index contributed by atoms with van der Waals surface area (Å²) in [6.07, 6.45) is 4.89. The van der Waals surface area contributed by atoms with Crippen LogP contribution in [-0.2, 0) is 0 Å². The zero-order valence-electron chi connectivity index (χ0n) is 11.9. The second-order valence-corrected chi connectivity index (χ2v) is 6.56. The fourth-order valence-electron chi connectivity index (χ4n) is 3.03. The summed E-state index contributed by atoms with van der Waals surface area (Å²) < 4.78 is 0. The zero-order valence-corrected chi connectivity index (χ0v) is 11.9. The van der Waals surface area contributed by atoms with Crippen LogP contribution in [0.15, 0.2) is 0 Å². The normalized spacial score (nSPS) is 29.3. The van der Waals surface area contributed by atoms with Crippen LogP contribution in [0.25, 0.3) is 0 Å². The topological polar surface area (TPSA) is 46.9 Å². The maximum Gasteiger partial charge on any atom is 0.0673 e. The van der Waals surface area contributed by atoms with Gasteiger partial charge in [0.1, 0.15) is 0 Å². The van der Waals surface area contributed by atoms with Gasteiger partial charge in [0.25, 0.3) is 0 Å². The lowest BCUT2D eigenvalue weighted by molar-refractivity contribution is -0.0673. The quantitative estimate of drug-likeness (QED) is 0.779. The molecule has 0 aromatic carbocycles. The molecule has 0 unspecified atom stereocenters. The fraction of sp³-hybridized carbons (Fsp3) is 1.00. The van der Waals surface area contributed by atoms with E-state index in [2.05, 4.69) is 23.9 Å². The van der Waals surface area contributed by atoms with Crippen molar-refractivity contribution in [3.63, 3.8) is 0 Å². The summed E-state index contributed by atoms with van der Waals surface area (Å²) in [5, 5.41) is 21.1. The second-order valence-electron chi connectivity index (χ2n) is 6.56. The van der Waals surface area contributed by atoms with Crippen molar-refractivity contribution in [2.45, 2.75) is 49.7 Å². The first-order chi connectivity index (χ1) is 8.41. The van der Waals surface area contributed by atoms with E-state index in [0.29, 0.717) is 0 Å². The van der Waals surface area contributed by atoms with Crippen LogP contribution in [0, 0.1) is 0 Å². The van der Waals surface area contributed by atoms with E-state index in [1.54, 1.807) is 0 Å². The Kier molecular flexibility index (Phi) is 4.32. The average Bonchev–Trinajstić information content (AvgIpc) is 2.36. The van der Waals surface area contributed by atoms with Crippen molar-refractivity contribution in [1.29, 1.82) is 0 Å². The number of hydrogen-bond donors (Lipinski definition) is 2. The highest BCUT2D eigenvalue weighted by molar-refractivity contribution is 4.91. The molecule has 2 rings (SSSR count). The molecule has 0 aromatic heterocycles. The number of rotatable bonds is 3. The van der Waals surface area contributed by atoms with Gasteiger partial charge in [-0.3, -0.25) is 0 Å². The molecule has 0 atom stereocenters. The second kappa shape index (κ2) is 5.45. The van der Waals surface area contributed by atoms with Crippen LogP contribution < -0.4 is 0 Å². The standard InChI is InChI=1S/C14H28N2O2/c1-15-9-5-13(17,6-10-15)3-4-14(18)7-11-16(2)12-8-14/h17-18H,3-12H2,1-2H3. The van der Waals surface area contributed by atoms with E-state index in [0.717, 1.165) is 64.7 Å². The summed E-state index contributed by atoms with van der Waals surface area (Å²) in [7, 11) is 4.20. The SMILES string of the molecule is CN1CCC(O)(CCC2(O)CCN(C)CC2)CC1. The van der Waals surface area contributed by atoms with E-state index in [4.69, 9.17) is 0 Å². The van der Waals surface area contributed by atoms with Crippen LogP contribution in [0.3, 0.4) is 0 Å². The van der Waals surface area contributed by atoms with Crippen LogP contribution in [0.4, 0.5) is 0 Å². The largest absolute Gasteiger partial charge is 0.390 e. The van der Waals surface area contributed by atoms with Crippen LogP contribution >= 0.6 is 0 Å². The summed E-state index contributed by atoms with van der Waals surface area (Å²) >= 11 is 0. The van der Waals surface area contributed by atoms with Gasteiger partial charge in [0, 0.05) is 26.2 Å². The molecule has 18 heavy (non-hydrogen) atoms. The van der Waals surface area contributed by atoms with E-state index in [1.807, 2.05) is 0 Å². The summed E-state index contributed by atoms with van der Waals surface area (Å²) in [4.78, 5) is 4.53. The summed E-state index contributed by atoms with van der Waals surface area (Å²) in [5.41, 5.74) is -1.07. The van der Waals surface area contributed by atoms with Gasteiger partial charge in [0.15, 0.2) is 0 Å². The predicted octanol–water partition coefficient (Wildman–Crippen LogP) is 0.680. The van der Waals surface area contributed by atoms with Crippen LogP contribution in [0.1, 0.15) is 38.5 Å². The summed E-state index contributed by atoms with van der Waals surface area (Å²) in [6.45, 7) is 3.88. The molecule has 2 aliphatic rings. The van der Waals surface area contributed by atoms with E-state index in [9.17, 15) is 10.2 Å². The first kappa shape index (κ1) is 14.3. The number of aliphatic hydroxyl groups is 2. The van der Waals surface area contributed by atoms with Crippen molar-refractivity contribution in [3.8, 4) is 0 Å². The minimum absolute atomic E-state index is 0.536. The molecule has 0 aromatic rings. The average molecular weight is 256 g/mol. The third-order valence-corrected chi connectivity index (χ3v) is 4.89. The lowest BCUT2D eigenvalue weighted by Crippen LogP contribution is -2.47. The molecule has 0 spiro atoms. The lowest BCUT2D eigenvalue weighted by Gasteiger charge is -2.41. The van der Waals surface area contributed by atoms with Gasteiger partial charge in [-0.15, -0.1) is 0 Å². The molecular weight excluding hydrogens is 228 g/mol. The lowest BCUT2D eigenvalue weighted by atomic mass is 9.80. The Hall–Kier alpha value is -0.160. The summed E-state index contributed by atoms with van der Waals surface area (Å²) in [5.74, 6) is 0. The molecule has 4 heteroatoms. The maximum atomic E-state index is 10.5.